The molecule has 0 spiro atoms. The Morgan fingerprint density at radius 1 is 1.19 bits per heavy atom. The van der Waals surface area contributed by atoms with Crippen LogP contribution in [0.5, 0.6) is 5.75 Å². The second kappa shape index (κ2) is 8.71. The zero-order valence-corrected chi connectivity index (χ0v) is 12.7. The van der Waals surface area contributed by atoms with Gasteiger partial charge in [-0.05, 0) is 30.5 Å². The predicted octanol–water partition coefficient (Wildman–Crippen LogP) is 3.28. The number of ether oxygens (including phenoxy) is 2. The van der Waals surface area contributed by atoms with Crippen LogP contribution in [-0.4, -0.2) is 24.9 Å². The molecular formula is C18H24O3. The summed E-state index contributed by atoms with van der Waals surface area (Å²) in [5.41, 5.74) is 1.90. The fourth-order valence-corrected chi connectivity index (χ4v) is 2.70. The highest BCUT2D eigenvalue weighted by molar-refractivity contribution is 5.48. The van der Waals surface area contributed by atoms with Crippen LogP contribution in [-0.2, 0) is 11.3 Å². The fourth-order valence-electron chi connectivity index (χ4n) is 2.70. The van der Waals surface area contributed by atoms with Gasteiger partial charge in [0.15, 0.2) is 0 Å². The van der Waals surface area contributed by atoms with E-state index in [1.807, 2.05) is 18.2 Å². The first-order valence-electron chi connectivity index (χ1n) is 7.71. The summed E-state index contributed by atoms with van der Waals surface area (Å²) in [6.07, 6.45) is 7.97. The summed E-state index contributed by atoms with van der Waals surface area (Å²) < 4.78 is 11.3. The van der Waals surface area contributed by atoms with Crippen LogP contribution in [0.4, 0.5) is 0 Å². The molecule has 1 aromatic rings. The molecule has 3 heteroatoms. The number of aliphatic hydroxyl groups excluding tert-OH is 1. The Balaban J connectivity index is 1.99. The normalized spacial score (nSPS) is 15.9. The number of methoxy groups -OCH3 is 1. The Bertz CT molecular complexity index is 491. The predicted molar refractivity (Wildman–Crippen MR) is 83.2 cm³/mol. The van der Waals surface area contributed by atoms with Gasteiger partial charge in [0.1, 0.15) is 12.4 Å². The van der Waals surface area contributed by atoms with Crippen molar-refractivity contribution in [2.45, 2.75) is 51.2 Å². The van der Waals surface area contributed by atoms with E-state index in [0.29, 0.717) is 12.7 Å². The minimum Gasteiger partial charge on any atom is -0.495 e. The van der Waals surface area contributed by atoms with Gasteiger partial charge in [0.05, 0.1) is 25.4 Å². The van der Waals surface area contributed by atoms with E-state index in [9.17, 15) is 0 Å². The molecule has 2 rings (SSSR count). The van der Waals surface area contributed by atoms with Crippen molar-refractivity contribution >= 4 is 0 Å². The Hall–Kier alpha value is -1.50. The van der Waals surface area contributed by atoms with Gasteiger partial charge in [-0.3, -0.25) is 0 Å². The van der Waals surface area contributed by atoms with Gasteiger partial charge in [-0.15, -0.1) is 0 Å². The lowest BCUT2D eigenvalue weighted by molar-refractivity contribution is 0.0309. The van der Waals surface area contributed by atoms with Gasteiger partial charge in [0.2, 0.25) is 0 Å². The minimum atomic E-state index is -0.147. The highest BCUT2D eigenvalue weighted by Gasteiger charge is 2.13. The van der Waals surface area contributed by atoms with Crippen molar-refractivity contribution < 1.29 is 14.6 Å². The van der Waals surface area contributed by atoms with E-state index in [1.54, 1.807) is 7.11 Å². The highest BCUT2D eigenvalue weighted by atomic mass is 16.5. The summed E-state index contributed by atoms with van der Waals surface area (Å²) in [6, 6.07) is 5.91. The van der Waals surface area contributed by atoms with Crippen LogP contribution < -0.4 is 4.74 Å². The lowest BCUT2D eigenvalue weighted by atomic mass is 10.1. The molecule has 0 aromatic heterocycles. The molecule has 1 aliphatic rings. The number of rotatable bonds is 4. The molecule has 1 aromatic carbocycles. The average Bonchev–Trinajstić information content (AvgIpc) is 2.79. The van der Waals surface area contributed by atoms with E-state index in [0.717, 1.165) is 16.9 Å². The molecule has 0 atom stereocenters. The van der Waals surface area contributed by atoms with Crippen molar-refractivity contribution in [2.24, 2.45) is 0 Å². The molecule has 0 unspecified atom stereocenters. The summed E-state index contributed by atoms with van der Waals surface area (Å²) in [6.45, 7) is 0.467. The summed E-state index contributed by atoms with van der Waals surface area (Å²) in [5, 5.41) is 8.82. The first kappa shape index (κ1) is 15.9. The van der Waals surface area contributed by atoms with Crippen LogP contribution in [0.1, 0.15) is 49.7 Å². The lowest BCUT2D eigenvalue weighted by Gasteiger charge is -2.15. The van der Waals surface area contributed by atoms with Crippen LogP contribution in [0.15, 0.2) is 18.2 Å². The van der Waals surface area contributed by atoms with Crippen LogP contribution in [0.2, 0.25) is 0 Å². The topological polar surface area (TPSA) is 38.7 Å². The summed E-state index contributed by atoms with van der Waals surface area (Å²) in [7, 11) is 1.63. The van der Waals surface area contributed by atoms with E-state index >= 15 is 0 Å². The summed E-state index contributed by atoms with van der Waals surface area (Å²) in [5.74, 6) is 6.32. The maximum Gasteiger partial charge on any atom is 0.134 e. The molecule has 114 valence electrons. The first-order valence-corrected chi connectivity index (χ1v) is 7.71. The maximum atomic E-state index is 8.82. The standard InChI is InChI=1S/C18H24O3/c1-20-18-11-10-15(13-16(18)7-6-12-19)14-21-17-8-4-2-3-5-9-17/h10-11,13,17,19H,2-5,8-9,12,14H2,1H3. The molecule has 0 bridgehead atoms. The first-order chi connectivity index (χ1) is 10.3. The Morgan fingerprint density at radius 2 is 1.95 bits per heavy atom. The van der Waals surface area contributed by atoms with Crippen LogP contribution in [0.25, 0.3) is 0 Å². The van der Waals surface area contributed by atoms with Gasteiger partial charge in [-0.1, -0.05) is 43.6 Å². The fraction of sp³-hybridized carbons (Fsp3) is 0.556. The molecule has 0 radical (unpaired) electrons. The van der Waals surface area contributed by atoms with E-state index in [1.165, 1.54) is 38.5 Å². The van der Waals surface area contributed by atoms with Crippen molar-refractivity contribution in [3.63, 3.8) is 0 Å². The van der Waals surface area contributed by atoms with Gasteiger partial charge in [-0.2, -0.15) is 0 Å². The highest BCUT2D eigenvalue weighted by Crippen LogP contribution is 2.23. The second-order valence-electron chi connectivity index (χ2n) is 5.42. The van der Waals surface area contributed by atoms with Crippen molar-refractivity contribution in [1.82, 2.24) is 0 Å². The van der Waals surface area contributed by atoms with Gasteiger partial charge >= 0.3 is 0 Å². The number of hydrogen-bond acceptors (Lipinski definition) is 3. The zero-order valence-electron chi connectivity index (χ0n) is 12.7. The average molecular weight is 288 g/mol. The quantitative estimate of drug-likeness (QED) is 0.682. The van der Waals surface area contributed by atoms with E-state index in [2.05, 4.69) is 11.8 Å². The zero-order chi connectivity index (χ0) is 14.9. The van der Waals surface area contributed by atoms with E-state index in [4.69, 9.17) is 14.6 Å². The lowest BCUT2D eigenvalue weighted by Crippen LogP contribution is -2.11. The Labute approximate surface area is 127 Å². The summed E-state index contributed by atoms with van der Waals surface area (Å²) >= 11 is 0. The molecule has 1 aliphatic carbocycles. The maximum absolute atomic E-state index is 8.82. The van der Waals surface area contributed by atoms with Crippen molar-refractivity contribution in [1.29, 1.82) is 0 Å². The summed E-state index contributed by atoms with van der Waals surface area (Å²) in [4.78, 5) is 0. The van der Waals surface area contributed by atoms with Crippen molar-refractivity contribution in [3.05, 3.63) is 29.3 Å². The van der Waals surface area contributed by atoms with Crippen molar-refractivity contribution in [2.75, 3.05) is 13.7 Å². The molecule has 1 N–H and O–H groups in total. The van der Waals surface area contributed by atoms with Crippen LogP contribution in [0.3, 0.4) is 0 Å². The molecule has 1 fully saturated rings. The smallest absolute Gasteiger partial charge is 0.134 e. The number of hydrogen-bond donors (Lipinski definition) is 1. The monoisotopic (exact) mass is 288 g/mol. The third kappa shape index (κ3) is 5.08. The molecule has 21 heavy (non-hydrogen) atoms. The Morgan fingerprint density at radius 3 is 2.62 bits per heavy atom. The molecule has 1 saturated carbocycles. The molecule has 0 aliphatic heterocycles. The molecule has 3 nitrogen and oxygen atoms in total. The second-order valence-corrected chi connectivity index (χ2v) is 5.42. The third-order valence-corrected chi connectivity index (χ3v) is 3.85. The van der Waals surface area contributed by atoms with E-state index in [-0.39, 0.29) is 6.61 Å². The largest absolute Gasteiger partial charge is 0.495 e. The number of aliphatic hydroxyl groups is 1. The van der Waals surface area contributed by atoms with Gasteiger partial charge < -0.3 is 14.6 Å². The minimum absolute atomic E-state index is 0.147. The van der Waals surface area contributed by atoms with Gasteiger partial charge in [0.25, 0.3) is 0 Å². The van der Waals surface area contributed by atoms with Crippen LogP contribution >= 0.6 is 0 Å². The molecule has 0 heterocycles. The molecule has 0 saturated heterocycles. The van der Waals surface area contributed by atoms with Crippen LogP contribution in [0, 0.1) is 11.8 Å². The van der Waals surface area contributed by atoms with Gasteiger partial charge in [0, 0.05) is 0 Å². The Kier molecular flexibility index (Phi) is 6.59. The molecular weight excluding hydrogens is 264 g/mol. The SMILES string of the molecule is COc1ccc(COC2CCCCCC2)cc1C#CCO. The van der Waals surface area contributed by atoms with Crippen molar-refractivity contribution in [3.8, 4) is 17.6 Å². The third-order valence-electron chi connectivity index (χ3n) is 3.85. The van der Waals surface area contributed by atoms with Gasteiger partial charge in [-0.25, -0.2) is 0 Å². The number of benzene rings is 1. The molecule has 0 amide bonds. The van der Waals surface area contributed by atoms with E-state index < -0.39 is 0 Å².